The molecule has 0 radical (unpaired) electrons. The van der Waals surface area contributed by atoms with Crippen LogP contribution < -0.4 is 4.90 Å². The summed E-state index contributed by atoms with van der Waals surface area (Å²) in [6.45, 7) is 0. The first-order chi connectivity index (χ1) is 9.81. The summed E-state index contributed by atoms with van der Waals surface area (Å²) in [6.07, 6.45) is 0.411. The Morgan fingerprint density at radius 3 is 2.20 bits per heavy atom. The van der Waals surface area contributed by atoms with Crippen LogP contribution in [-0.2, 0) is 4.79 Å². The minimum Gasteiger partial charge on any atom is -0.410 e. The first kappa shape index (κ1) is 12.4. The maximum absolute atomic E-state index is 12.4. The molecule has 2 aromatic carbocycles. The predicted molar refractivity (Wildman–Crippen MR) is 76.9 cm³/mol. The zero-order chi connectivity index (χ0) is 13.9. The molecule has 1 N–H and O–H groups in total. The van der Waals surface area contributed by atoms with Crippen LogP contribution in [0.5, 0.6) is 0 Å². The Bertz CT molecular complexity index is 638. The Kier molecular flexibility index (Phi) is 3.21. The zero-order valence-electron chi connectivity index (χ0n) is 10.8. The van der Waals surface area contributed by atoms with Crippen molar-refractivity contribution in [3.05, 3.63) is 66.2 Å². The number of hydrogen-bond donors (Lipinski definition) is 1. The lowest BCUT2D eigenvalue weighted by molar-refractivity contribution is -0.112. The van der Waals surface area contributed by atoms with Gasteiger partial charge in [0.25, 0.3) is 5.91 Å². The molecule has 1 heterocycles. The lowest BCUT2D eigenvalue weighted by Crippen LogP contribution is -2.29. The molecule has 20 heavy (non-hydrogen) atoms. The van der Waals surface area contributed by atoms with Crippen molar-refractivity contribution >= 4 is 17.3 Å². The average molecular weight is 266 g/mol. The van der Waals surface area contributed by atoms with Crippen molar-refractivity contribution in [1.82, 2.24) is 0 Å². The van der Waals surface area contributed by atoms with E-state index in [4.69, 9.17) is 5.21 Å². The molecule has 4 heteroatoms. The fraction of sp³-hybridized carbons (Fsp3) is 0.125. The first-order valence-electron chi connectivity index (χ1n) is 6.45. The van der Waals surface area contributed by atoms with E-state index in [2.05, 4.69) is 5.16 Å². The first-order valence-corrected chi connectivity index (χ1v) is 6.45. The summed E-state index contributed by atoms with van der Waals surface area (Å²) in [5, 5.41) is 12.2. The van der Waals surface area contributed by atoms with Crippen LogP contribution in [0.4, 0.5) is 5.69 Å². The van der Waals surface area contributed by atoms with E-state index in [-0.39, 0.29) is 17.7 Å². The van der Waals surface area contributed by atoms with E-state index >= 15 is 0 Å². The molecule has 1 unspecified atom stereocenters. The Morgan fingerprint density at radius 1 is 1.00 bits per heavy atom. The van der Waals surface area contributed by atoms with Gasteiger partial charge in [-0.05, 0) is 17.7 Å². The molecule has 0 aliphatic carbocycles. The van der Waals surface area contributed by atoms with E-state index in [1.54, 1.807) is 4.90 Å². The average Bonchev–Trinajstić information content (AvgIpc) is 2.86. The van der Waals surface area contributed by atoms with E-state index in [1.165, 1.54) is 0 Å². The normalized spacial score (nSPS) is 20.6. The third-order valence-electron chi connectivity index (χ3n) is 3.50. The molecule has 0 bridgehead atoms. The second-order valence-electron chi connectivity index (χ2n) is 4.69. The third-order valence-corrected chi connectivity index (χ3v) is 3.50. The molecule has 1 aliphatic rings. The molecule has 0 spiro atoms. The fourth-order valence-corrected chi connectivity index (χ4v) is 2.55. The predicted octanol–water partition coefficient (Wildman–Crippen LogP) is 2.99. The highest BCUT2D eigenvalue weighted by Gasteiger charge is 2.38. The summed E-state index contributed by atoms with van der Waals surface area (Å²) < 4.78 is 0. The Morgan fingerprint density at radius 2 is 1.60 bits per heavy atom. The number of carbonyl (C=O) groups is 1. The van der Waals surface area contributed by atoms with Crippen molar-refractivity contribution < 1.29 is 10.0 Å². The topological polar surface area (TPSA) is 52.9 Å². The quantitative estimate of drug-likeness (QED) is 0.671. The summed E-state index contributed by atoms with van der Waals surface area (Å²) in [6, 6.07) is 19.1. The highest BCUT2D eigenvalue weighted by molar-refractivity contribution is 6.46. The lowest BCUT2D eigenvalue weighted by atomic mass is 10.0. The molecule has 100 valence electrons. The van der Waals surface area contributed by atoms with Crippen LogP contribution in [0.25, 0.3) is 0 Å². The fourth-order valence-electron chi connectivity index (χ4n) is 2.55. The minimum absolute atomic E-state index is 0.128. The molecule has 3 rings (SSSR count). The number of rotatable bonds is 2. The van der Waals surface area contributed by atoms with Gasteiger partial charge in [-0.25, -0.2) is 0 Å². The molecule has 1 aliphatic heterocycles. The number of para-hydroxylation sites is 1. The second-order valence-corrected chi connectivity index (χ2v) is 4.69. The monoisotopic (exact) mass is 266 g/mol. The van der Waals surface area contributed by atoms with Crippen LogP contribution in [0.1, 0.15) is 18.0 Å². The van der Waals surface area contributed by atoms with Gasteiger partial charge in [0.2, 0.25) is 0 Å². The van der Waals surface area contributed by atoms with E-state index in [1.807, 2.05) is 60.7 Å². The second kappa shape index (κ2) is 5.17. The van der Waals surface area contributed by atoms with Gasteiger partial charge < -0.3 is 5.21 Å². The molecule has 2 aromatic rings. The highest BCUT2D eigenvalue weighted by atomic mass is 16.4. The standard InChI is InChI=1S/C16H14N2O2/c19-16-14(17-20)11-15(12-7-3-1-4-8-12)18(16)13-9-5-2-6-10-13/h1-10,15,20H,11H2. The van der Waals surface area contributed by atoms with Crippen LogP contribution in [0.3, 0.4) is 0 Å². The smallest absolute Gasteiger partial charge is 0.276 e. The summed E-state index contributed by atoms with van der Waals surface area (Å²) in [5.74, 6) is -0.243. The van der Waals surface area contributed by atoms with E-state index in [9.17, 15) is 4.79 Å². The van der Waals surface area contributed by atoms with Gasteiger partial charge >= 0.3 is 0 Å². The SMILES string of the molecule is O=C1C(=NO)CC(c2ccccc2)N1c1ccccc1. The summed E-state index contributed by atoms with van der Waals surface area (Å²) >= 11 is 0. The number of oxime groups is 1. The number of benzene rings is 2. The van der Waals surface area contributed by atoms with Crippen molar-refractivity contribution in [3.63, 3.8) is 0 Å². The Balaban J connectivity index is 2.06. The van der Waals surface area contributed by atoms with E-state index in [0.717, 1.165) is 11.3 Å². The number of anilines is 1. The number of amides is 1. The summed E-state index contributed by atoms with van der Waals surface area (Å²) in [4.78, 5) is 14.0. The van der Waals surface area contributed by atoms with Gasteiger partial charge in [-0.3, -0.25) is 9.69 Å². The molecular formula is C16H14N2O2. The van der Waals surface area contributed by atoms with Crippen LogP contribution in [0, 0.1) is 0 Å². The number of nitrogens with zero attached hydrogens (tertiary/aromatic N) is 2. The molecule has 1 amide bonds. The van der Waals surface area contributed by atoms with E-state index < -0.39 is 0 Å². The van der Waals surface area contributed by atoms with E-state index in [0.29, 0.717) is 6.42 Å². The van der Waals surface area contributed by atoms with Gasteiger partial charge in [-0.1, -0.05) is 53.7 Å². The molecule has 1 fully saturated rings. The molecule has 0 aromatic heterocycles. The van der Waals surface area contributed by atoms with Gasteiger partial charge in [-0.15, -0.1) is 0 Å². The maximum atomic E-state index is 12.4. The third kappa shape index (κ3) is 2.05. The number of hydrogen-bond acceptors (Lipinski definition) is 3. The molecule has 1 atom stereocenters. The van der Waals surface area contributed by atoms with Gasteiger partial charge in [0, 0.05) is 12.1 Å². The van der Waals surface area contributed by atoms with Gasteiger partial charge in [0.1, 0.15) is 5.71 Å². The largest absolute Gasteiger partial charge is 0.410 e. The van der Waals surface area contributed by atoms with Crippen LogP contribution in [0.2, 0.25) is 0 Å². The van der Waals surface area contributed by atoms with Crippen molar-refractivity contribution in [3.8, 4) is 0 Å². The zero-order valence-corrected chi connectivity index (χ0v) is 10.8. The van der Waals surface area contributed by atoms with Crippen molar-refractivity contribution in [2.24, 2.45) is 5.16 Å². The molecule has 4 nitrogen and oxygen atoms in total. The summed E-state index contributed by atoms with van der Waals surface area (Å²) in [7, 11) is 0. The van der Waals surface area contributed by atoms with Crippen molar-refractivity contribution in [2.45, 2.75) is 12.5 Å². The van der Waals surface area contributed by atoms with Crippen LogP contribution in [-0.4, -0.2) is 16.8 Å². The van der Waals surface area contributed by atoms with Crippen molar-refractivity contribution in [2.75, 3.05) is 4.90 Å². The Hall–Kier alpha value is -2.62. The molecule has 0 saturated carbocycles. The van der Waals surface area contributed by atoms with Crippen molar-refractivity contribution in [1.29, 1.82) is 0 Å². The van der Waals surface area contributed by atoms with Gasteiger partial charge in [-0.2, -0.15) is 0 Å². The molecule has 1 saturated heterocycles. The highest BCUT2D eigenvalue weighted by Crippen LogP contribution is 2.35. The lowest BCUT2D eigenvalue weighted by Gasteiger charge is -2.24. The minimum atomic E-state index is -0.243. The van der Waals surface area contributed by atoms with Gasteiger partial charge in [0.15, 0.2) is 0 Å². The van der Waals surface area contributed by atoms with Crippen LogP contribution in [0.15, 0.2) is 65.8 Å². The van der Waals surface area contributed by atoms with Crippen LogP contribution >= 0.6 is 0 Å². The summed E-state index contributed by atoms with van der Waals surface area (Å²) in [5.41, 5.74) is 2.04. The number of carbonyl (C=O) groups excluding carboxylic acids is 1. The maximum Gasteiger partial charge on any atom is 0.276 e. The Labute approximate surface area is 117 Å². The van der Waals surface area contributed by atoms with Gasteiger partial charge in [0.05, 0.1) is 6.04 Å². The molecular weight excluding hydrogens is 252 g/mol.